The maximum absolute atomic E-state index is 5.32. The molecule has 0 amide bonds. The predicted molar refractivity (Wildman–Crippen MR) is 48.7 cm³/mol. The van der Waals surface area contributed by atoms with Gasteiger partial charge in [-0.3, -0.25) is 0 Å². The van der Waals surface area contributed by atoms with Crippen molar-refractivity contribution in [3.8, 4) is 0 Å². The highest BCUT2D eigenvalue weighted by Crippen LogP contribution is 2.44. The maximum Gasteiger partial charge on any atom is 0.140 e. The molecule has 0 aromatic carbocycles. The van der Waals surface area contributed by atoms with Crippen LogP contribution in [0.15, 0.2) is 4.52 Å². The van der Waals surface area contributed by atoms with Crippen LogP contribution < -0.4 is 5.32 Å². The summed E-state index contributed by atoms with van der Waals surface area (Å²) in [5, 5.41) is 7.50. The van der Waals surface area contributed by atoms with E-state index in [0.29, 0.717) is 5.41 Å². The van der Waals surface area contributed by atoms with Crippen LogP contribution in [0.25, 0.3) is 0 Å². The standard InChI is InChI=1S/C10H14N2O/c1-7-9-8(13-12-7)2-3-10(9)4-5-11-6-10/h11H,2-6H2,1H3. The summed E-state index contributed by atoms with van der Waals surface area (Å²) in [7, 11) is 0. The Labute approximate surface area is 77.5 Å². The molecule has 1 N–H and O–H groups in total. The quantitative estimate of drug-likeness (QED) is 0.648. The van der Waals surface area contributed by atoms with Gasteiger partial charge in [-0.25, -0.2) is 0 Å². The molecule has 3 nitrogen and oxygen atoms in total. The van der Waals surface area contributed by atoms with E-state index in [-0.39, 0.29) is 0 Å². The van der Waals surface area contributed by atoms with Crippen molar-refractivity contribution < 1.29 is 4.52 Å². The van der Waals surface area contributed by atoms with E-state index in [2.05, 4.69) is 17.4 Å². The van der Waals surface area contributed by atoms with E-state index in [0.717, 1.165) is 31.0 Å². The summed E-state index contributed by atoms with van der Waals surface area (Å²) >= 11 is 0. The van der Waals surface area contributed by atoms with Crippen molar-refractivity contribution >= 4 is 0 Å². The molecule has 3 heteroatoms. The lowest BCUT2D eigenvalue weighted by molar-refractivity contribution is 0.376. The van der Waals surface area contributed by atoms with Gasteiger partial charge in [0.25, 0.3) is 0 Å². The zero-order valence-electron chi connectivity index (χ0n) is 7.89. The van der Waals surface area contributed by atoms with E-state index in [1.54, 1.807) is 0 Å². The Morgan fingerprint density at radius 1 is 1.46 bits per heavy atom. The van der Waals surface area contributed by atoms with Gasteiger partial charge in [0.1, 0.15) is 5.76 Å². The number of aromatic nitrogens is 1. The number of hydrogen-bond donors (Lipinski definition) is 1. The first-order valence-corrected chi connectivity index (χ1v) is 4.98. The number of aryl methyl sites for hydroxylation is 2. The highest BCUT2D eigenvalue weighted by molar-refractivity contribution is 5.38. The van der Waals surface area contributed by atoms with Crippen LogP contribution in [0, 0.1) is 6.92 Å². The van der Waals surface area contributed by atoms with Gasteiger partial charge in [0, 0.05) is 23.9 Å². The van der Waals surface area contributed by atoms with E-state index in [1.807, 2.05) is 0 Å². The van der Waals surface area contributed by atoms with Crippen LogP contribution in [0.3, 0.4) is 0 Å². The summed E-state index contributed by atoms with van der Waals surface area (Å²) in [6, 6.07) is 0. The van der Waals surface area contributed by atoms with Crippen LogP contribution in [0.4, 0.5) is 0 Å². The van der Waals surface area contributed by atoms with Gasteiger partial charge >= 0.3 is 0 Å². The average Bonchev–Trinajstić information content (AvgIpc) is 2.76. The third-order valence-corrected chi connectivity index (χ3v) is 3.54. The highest BCUT2D eigenvalue weighted by atomic mass is 16.5. The summed E-state index contributed by atoms with van der Waals surface area (Å²) in [6.07, 6.45) is 3.58. The molecule has 2 heterocycles. The van der Waals surface area contributed by atoms with Crippen LogP contribution in [0.1, 0.15) is 29.9 Å². The van der Waals surface area contributed by atoms with Crippen LogP contribution in [-0.2, 0) is 11.8 Å². The second kappa shape index (κ2) is 2.35. The Morgan fingerprint density at radius 2 is 2.38 bits per heavy atom. The SMILES string of the molecule is Cc1noc2c1C1(CCNC1)CC2. The van der Waals surface area contributed by atoms with Gasteiger partial charge in [0.2, 0.25) is 0 Å². The molecule has 1 saturated heterocycles. The molecule has 1 aromatic heterocycles. The Hall–Kier alpha value is -0.830. The monoisotopic (exact) mass is 178 g/mol. The van der Waals surface area contributed by atoms with Crippen LogP contribution in [0.2, 0.25) is 0 Å². The topological polar surface area (TPSA) is 38.1 Å². The zero-order valence-corrected chi connectivity index (χ0v) is 7.89. The molecule has 1 spiro atoms. The molecule has 1 unspecified atom stereocenters. The fraction of sp³-hybridized carbons (Fsp3) is 0.700. The molecule has 70 valence electrons. The molecular formula is C10H14N2O. The molecule has 1 aromatic rings. The van der Waals surface area contributed by atoms with Crippen molar-refractivity contribution in [2.24, 2.45) is 0 Å². The van der Waals surface area contributed by atoms with Gasteiger partial charge in [0.05, 0.1) is 5.69 Å². The summed E-state index contributed by atoms with van der Waals surface area (Å²) in [5.74, 6) is 1.14. The van der Waals surface area contributed by atoms with E-state index in [1.165, 1.54) is 18.4 Å². The first kappa shape index (κ1) is 7.56. The summed E-state index contributed by atoms with van der Waals surface area (Å²) in [5.41, 5.74) is 2.90. The Morgan fingerprint density at radius 3 is 3.15 bits per heavy atom. The number of nitrogens with zero attached hydrogens (tertiary/aromatic N) is 1. The van der Waals surface area contributed by atoms with E-state index in [4.69, 9.17) is 4.52 Å². The summed E-state index contributed by atoms with van der Waals surface area (Å²) < 4.78 is 5.32. The fourth-order valence-electron chi connectivity index (χ4n) is 2.92. The predicted octanol–water partition coefficient (Wildman–Crippen LogP) is 1.16. The van der Waals surface area contributed by atoms with Gasteiger partial charge in [-0.15, -0.1) is 0 Å². The van der Waals surface area contributed by atoms with Crippen molar-refractivity contribution in [2.45, 2.75) is 31.6 Å². The molecule has 1 aliphatic heterocycles. The van der Waals surface area contributed by atoms with Crippen LogP contribution in [0.5, 0.6) is 0 Å². The minimum Gasteiger partial charge on any atom is -0.361 e. The Balaban J connectivity index is 2.14. The Kier molecular flexibility index (Phi) is 1.37. The third-order valence-electron chi connectivity index (χ3n) is 3.54. The molecule has 2 aliphatic rings. The number of nitrogens with one attached hydrogen (secondary N) is 1. The molecule has 0 saturated carbocycles. The molecule has 3 rings (SSSR count). The van der Waals surface area contributed by atoms with Gasteiger partial charge in [-0.05, 0) is 26.3 Å². The number of hydrogen-bond acceptors (Lipinski definition) is 3. The number of rotatable bonds is 0. The van der Waals surface area contributed by atoms with Gasteiger partial charge in [-0.1, -0.05) is 5.16 Å². The second-order valence-electron chi connectivity index (χ2n) is 4.27. The van der Waals surface area contributed by atoms with Crippen molar-refractivity contribution in [2.75, 3.05) is 13.1 Å². The van der Waals surface area contributed by atoms with E-state index < -0.39 is 0 Å². The summed E-state index contributed by atoms with van der Waals surface area (Å²) in [6.45, 7) is 4.32. The van der Waals surface area contributed by atoms with Crippen molar-refractivity contribution in [1.29, 1.82) is 0 Å². The van der Waals surface area contributed by atoms with Gasteiger partial charge in [-0.2, -0.15) is 0 Å². The maximum atomic E-state index is 5.32. The first-order valence-electron chi connectivity index (χ1n) is 4.98. The number of fused-ring (bicyclic) bond motifs is 2. The van der Waals surface area contributed by atoms with Crippen molar-refractivity contribution in [1.82, 2.24) is 10.5 Å². The van der Waals surface area contributed by atoms with Crippen molar-refractivity contribution in [3.05, 3.63) is 17.0 Å². The lowest BCUT2D eigenvalue weighted by atomic mass is 9.81. The second-order valence-corrected chi connectivity index (χ2v) is 4.27. The summed E-state index contributed by atoms with van der Waals surface area (Å²) in [4.78, 5) is 0. The van der Waals surface area contributed by atoms with E-state index in [9.17, 15) is 0 Å². The molecule has 1 atom stereocenters. The first-order chi connectivity index (χ1) is 6.32. The molecule has 1 aliphatic carbocycles. The molecule has 0 radical (unpaired) electrons. The van der Waals surface area contributed by atoms with Crippen LogP contribution >= 0.6 is 0 Å². The van der Waals surface area contributed by atoms with Gasteiger partial charge in [0.15, 0.2) is 0 Å². The molecule has 0 bridgehead atoms. The van der Waals surface area contributed by atoms with Gasteiger partial charge < -0.3 is 9.84 Å². The largest absolute Gasteiger partial charge is 0.361 e. The molecular weight excluding hydrogens is 164 g/mol. The normalized spacial score (nSPS) is 31.5. The van der Waals surface area contributed by atoms with E-state index >= 15 is 0 Å². The lowest BCUT2D eigenvalue weighted by Gasteiger charge is -2.21. The smallest absolute Gasteiger partial charge is 0.140 e. The minimum atomic E-state index is 0.374. The average molecular weight is 178 g/mol. The Bertz CT molecular complexity index is 337. The van der Waals surface area contributed by atoms with Crippen molar-refractivity contribution in [3.63, 3.8) is 0 Å². The minimum absolute atomic E-state index is 0.374. The highest BCUT2D eigenvalue weighted by Gasteiger charge is 2.44. The zero-order chi connectivity index (χ0) is 8.89. The lowest BCUT2D eigenvalue weighted by Crippen LogP contribution is -2.26. The fourth-order valence-corrected chi connectivity index (χ4v) is 2.92. The molecule has 1 fully saturated rings. The van der Waals surface area contributed by atoms with Crippen LogP contribution in [-0.4, -0.2) is 18.2 Å². The third kappa shape index (κ3) is 0.854. The molecule has 13 heavy (non-hydrogen) atoms.